The number of hydrogen-bond donors (Lipinski definition) is 1. The monoisotopic (exact) mass is 339 g/mol. The molecule has 3 rings (SSSR count). The summed E-state index contributed by atoms with van der Waals surface area (Å²) in [5.41, 5.74) is 1.08. The minimum absolute atomic E-state index is 0.0757. The largest absolute Gasteiger partial charge is 0.464 e. The third-order valence-electron chi connectivity index (χ3n) is 4.02. The maximum atomic E-state index is 12.4. The molecule has 0 radical (unpaired) electrons. The minimum Gasteiger partial charge on any atom is -0.464 e. The molecule has 0 saturated carbocycles. The number of nitrogens with one attached hydrogen (secondary N) is 1. The summed E-state index contributed by atoms with van der Waals surface area (Å²) in [7, 11) is 0. The second kappa shape index (κ2) is 7.97. The molecule has 0 fully saturated rings. The number of hydrogen-bond acceptors (Lipinski definition) is 3. The second-order valence-corrected chi connectivity index (χ2v) is 6.82. The molecule has 0 saturated heterocycles. The van der Waals surface area contributed by atoms with Gasteiger partial charge in [0.1, 0.15) is 5.76 Å². The van der Waals surface area contributed by atoms with Gasteiger partial charge < -0.3 is 9.73 Å². The number of amides is 1. The fourth-order valence-corrected chi connectivity index (χ4v) is 3.73. The lowest BCUT2D eigenvalue weighted by atomic mass is 9.96. The summed E-state index contributed by atoms with van der Waals surface area (Å²) in [6.45, 7) is 2.70. The zero-order valence-corrected chi connectivity index (χ0v) is 14.5. The van der Waals surface area contributed by atoms with Crippen molar-refractivity contribution in [1.29, 1.82) is 0 Å². The van der Waals surface area contributed by atoms with Crippen LogP contribution < -0.4 is 5.32 Å². The molecule has 1 amide bonds. The molecule has 1 atom stereocenters. The Kier molecular flexibility index (Phi) is 5.49. The molecule has 3 nitrogen and oxygen atoms in total. The van der Waals surface area contributed by atoms with Gasteiger partial charge in [0.15, 0.2) is 0 Å². The Labute approximate surface area is 146 Å². The van der Waals surface area contributed by atoms with Crippen molar-refractivity contribution in [2.75, 3.05) is 6.54 Å². The maximum absolute atomic E-state index is 12.4. The Hall–Kier alpha value is -2.33. The summed E-state index contributed by atoms with van der Waals surface area (Å²) < 4.78 is 5.41. The van der Waals surface area contributed by atoms with E-state index in [0.717, 1.165) is 29.0 Å². The topological polar surface area (TPSA) is 42.2 Å². The molecular weight excluding hydrogens is 318 g/mol. The average molecular weight is 339 g/mol. The van der Waals surface area contributed by atoms with Crippen LogP contribution in [0.3, 0.4) is 0 Å². The number of thiophene rings is 1. The Morgan fingerprint density at radius 2 is 1.96 bits per heavy atom. The first-order valence-electron chi connectivity index (χ1n) is 8.23. The van der Waals surface area contributed by atoms with E-state index < -0.39 is 0 Å². The van der Waals surface area contributed by atoms with E-state index in [4.69, 9.17) is 4.42 Å². The molecule has 0 spiro atoms. The molecule has 0 bridgehead atoms. The second-order valence-electron chi connectivity index (χ2n) is 5.66. The van der Waals surface area contributed by atoms with Gasteiger partial charge in [-0.1, -0.05) is 37.3 Å². The minimum atomic E-state index is -0.0757. The van der Waals surface area contributed by atoms with Crippen molar-refractivity contribution in [2.24, 2.45) is 0 Å². The van der Waals surface area contributed by atoms with Gasteiger partial charge in [0.25, 0.3) is 0 Å². The fraction of sp³-hybridized carbons (Fsp3) is 0.250. The Morgan fingerprint density at radius 3 is 2.67 bits per heavy atom. The highest BCUT2D eigenvalue weighted by Gasteiger charge is 2.17. The SMILES string of the molecule is CCC(C(=O)NCCc1ccc(-c2ccco2)s1)c1ccccc1. The van der Waals surface area contributed by atoms with Gasteiger partial charge in [0.2, 0.25) is 5.91 Å². The molecule has 3 aromatic rings. The van der Waals surface area contributed by atoms with Crippen LogP contribution in [-0.4, -0.2) is 12.5 Å². The lowest BCUT2D eigenvalue weighted by Crippen LogP contribution is -2.30. The van der Waals surface area contributed by atoms with Crippen molar-refractivity contribution >= 4 is 17.2 Å². The highest BCUT2D eigenvalue weighted by Crippen LogP contribution is 2.28. The molecule has 0 aliphatic heterocycles. The third kappa shape index (κ3) is 3.95. The Bertz CT molecular complexity index is 762. The molecule has 0 aliphatic carbocycles. The van der Waals surface area contributed by atoms with Crippen molar-refractivity contribution in [2.45, 2.75) is 25.7 Å². The van der Waals surface area contributed by atoms with E-state index in [9.17, 15) is 4.79 Å². The number of carbonyl (C=O) groups is 1. The van der Waals surface area contributed by atoms with Gasteiger partial charge in [-0.2, -0.15) is 0 Å². The number of carbonyl (C=O) groups excluding carboxylic acids is 1. The molecule has 1 aromatic carbocycles. The van der Waals surface area contributed by atoms with Crippen LogP contribution in [-0.2, 0) is 11.2 Å². The van der Waals surface area contributed by atoms with Crippen molar-refractivity contribution < 1.29 is 9.21 Å². The molecular formula is C20H21NO2S. The standard InChI is InChI=1S/C20H21NO2S/c1-2-17(15-7-4-3-5-8-15)20(22)21-13-12-16-10-11-19(24-16)18-9-6-14-23-18/h3-11,14,17H,2,12-13H2,1H3,(H,21,22). The Morgan fingerprint density at radius 1 is 1.12 bits per heavy atom. The number of rotatable bonds is 7. The van der Waals surface area contributed by atoms with Crippen LogP contribution in [0.4, 0.5) is 0 Å². The lowest BCUT2D eigenvalue weighted by Gasteiger charge is -2.15. The zero-order chi connectivity index (χ0) is 16.8. The van der Waals surface area contributed by atoms with E-state index >= 15 is 0 Å². The van der Waals surface area contributed by atoms with Gasteiger partial charge in [-0.25, -0.2) is 0 Å². The lowest BCUT2D eigenvalue weighted by molar-refractivity contribution is -0.122. The third-order valence-corrected chi connectivity index (χ3v) is 5.18. The first-order valence-corrected chi connectivity index (χ1v) is 9.05. The summed E-state index contributed by atoms with van der Waals surface area (Å²) >= 11 is 1.71. The molecule has 4 heteroatoms. The first kappa shape index (κ1) is 16.5. The molecule has 0 aliphatic rings. The summed E-state index contributed by atoms with van der Waals surface area (Å²) in [4.78, 5) is 14.8. The predicted molar refractivity (Wildman–Crippen MR) is 98.2 cm³/mol. The Balaban J connectivity index is 1.53. The summed E-state index contributed by atoms with van der Waals surface area (Å²) in [5.74, 6) is 0.921. The molecule has 124 valence electrons. The number of furan rings is 1. The maximum Gasteiger partial charge on any atom is 0.227 e. The summed E-state index contributed by atoms with van der Waals surface area (Å²) in [6, 6.07) is 18.0. The van der Waals surface area contributed by atoms with E-state index in [1.54, 1.807) is 17.6 Å². The van der Waals surface area contributed by atoms with Crippen molar-refractivity contribution in [3.05, 3.63) is 71.3 Å². The van der Waals surface area contributed by atoms with Crippen LogP contribution in [0.5, 0.6) is 0 Å². The average Bonchev–Trinajstić information content (AvgIpc) is 3.28. The van der Waals surface area contributed by atoms with Crippen LogP contribution in [0.1, 0.15) is 29.7 Å². The van der Waals surface area contributed by atoms with Crippen LogP contribution in [0.2, 0.25) is 0 Å². The molecule has 24 heavy (non-hydrogen) atoms. The first-order chi connectivity index (χ1) is 11.8. The van der Waals surface area contributed by atoms with E-state index in [0.29, 0.717) is 6.54 Å². The van der Waals surface area contributed by atoms with E-state index in [1.165, 1.54) is 4.88 Å². The van der Waals surface area contributed by atoms with Gasteiger partial charge in [0.05, 0.1) is 17.1 Å². The van der Waals surface area contributed by atoms with Crippen LogP contribution in [0, 0.1) is 0 Å². The zero-order valence-electron chi connectivity index (χ0n) is 13.7. The predicted octanol–water partition coefficient (Wildman–Crippen LogP) is 4.86. The van der Waals surface area contributed by atoms with E-state index in [-0.39, 0.29) is 11.8 Å². The molecule has 1 unspecified atom stereocenters. The highest BCUT2D eigenvalue weighted by atomic mass is 32.1. The van der Waals surface area contributed by atoms with Crippen LogP contribution >= 0.6 is 11.3 Å². The number of benzene rings is 1. The van der Waals surface area contributed by atoms with Crippen LogP contribution in [0.15, 0.2) is 65.3 Å². The summed E-state index contributed by atoms with van der Waals surface area (Å²) in [6.07, 6.45) is 3.32. The highest BCUT2D eigenvalue weighted by molar-refractivity contribution is 7.15. The van der Waals surface area contributed by atoms with Gasteiger partial charge in [-0.3, -0.25) is 4.79 Å². The van der Waals surface area contributed by atoms with Gasteiger partial charge >= 0.3 is 0 Å². The van der Waals surface area contributed by atoms with E-state index in [1.807, 2.05) is 49.4 Å². The van der Waals surface area contributed by atoms with Gasteiger partial charge in [0, 0.05) is 11.4 Å². The molecule has 1 N–H and O–H groups in total. The normalized spacial score (nSPS) is 12.0. The van der Waals surface area contributed by atoms with Crippen LogP contribution in [0.25, 0.3) is 10.6 Å². The quantitative estimate of drug-likeness (QED) is 0.668. The van der Waals surface area contributed by atoms with E-state index in [2.05, 4.69) is 17.4 Å². The van der Waals surface area contributed by atoms with Gasteiger partial charge in [-0.05, 0) is 42.7 Å². The smallest absolute Gasteiger partial charge is 0.227 e. The van der Waals surface area contributed by atoms with Crippen molar-refractivity contribution in [1.82, 2.24) is 5.32 Å². The fourth-order valence-electron chi connectivity index (χ4n) is 2.75. The molecule has 2 heterocycles. The van der Waals surface area contributed by atoms with Crippen molar-refractivity contribution in [3.8, 4) is 10.6 Å². The van der Waals surface area contributed by atoms with Crippen molar-refractivity contribution in [3.63, 3.8) is 0 Å². The van der Waals surface area contributed by atoms with Gasteiger partial charge in [-0.15, -0.1) is 11.3 Å². The summed E-state index contributed by atoms with van der Waals surface area (Å²) in [5, 5.41) is 3.07. The molecule has 2 aromatic heterocycles.